The van der Waals surface area contributed by atoms with Gasteiger partial charge in [0.2, 0.25) is 0 Å². The molecule has 4 heterocycles. The fourth-order valence-corrected chi connectivity index (χ4v) is 3.80. The van der Waals surface area contributed by atoms with Gasteiger partial charge in [0.05, 0.1) is 17.1 Å². The minimum atomic E-state index is -0.266. The van der Waals surface area contributed by atoms with Crippen molar-refractivity contribution in [3.05, 3.63) is 72.0 Å². The summed E-state index contributed by atoms with van der Waals surface area (Å²) in [4.78, 5) is 23.9. The van der Waals surface area contributed by atoms with Crippen molar-refractivity contribution in [2.24, 2.45) is 10.7 Å². The molecule has 30 heavy (non-hydrogen) atoms. The summed E-state index contributed by atoms with van der Waals surface area (Å²) in [7, 11) is 0. The molecule has 1 fully saturated rings. The van der Waals surface area contributed by atoms with Crippen molar-refractivity contribution in [1.29, 1.82) is 5.41 Å². The number of piperidine rings is 1. The zero-order valence-electron chi connectivity index (χ0n) is 16.5. The van der Waals surface area contributed by atoms with E-state index in [4.69, 9.17) is 11.1 Å². The summed E-state index contributed by atoms with van der Waals surface area (Å²) < 4.78 is 0. The van der Waals surface area contributed by atoms with Gasteiger partial charge >= 0.3 is 0 Å². The number of rotatable bonds is 4. The lowest BCUT2D eigenvalue weighted by atomic mass is 9.99. The molecule has 0 aromatic carbocycles. The van der Waals surface area contributed by atoms with Crippen molar-refractivity contribution in [2.75, 3.05) is 18.0 Å². The molecule has 1 aromatic heterocycles. The van der Waals surface area contributed by atoms with E-state index < -0.39 is 0 Å². The van der Waals surface area contributed by atoms with Crippen molar-refractivity contribution in [3.8, 4) is 0 Å². The van der Waals surface area contributed by atoms with Crippen LogP contribution in [0.4, 0.5) is 5.69 Å². The van der Waals surface area contributed by atoms with Crippen LogP contribution in [0.5, 0.6) is 0 Å². The van der Waals surface area contributed by atoms with Gasteiger partial charge in [0.25, 0.3) is 0 Å². The number of anilines is 1. The van der Waals surface area contributed by atoms with Crippen LogP contribution in [0.2, 0.25) is 0 Å². The number of dihydropyridines is 1. The van der Waals surface area contributed by atoms with Crippen LogP contribution in [0.1, 0.15) is 18.4 Å². The van der Waals surface area contributed by atoms with E-state index in [0.29, 0.717) is 11.4 Å². The molecule has 8 nitrogen and oxygen atoms in total. The smallest absolute Gasteiger partial charge is 0.187 e. The second-order valence-electron chi connectivity index (χ2n) is 7.48. The van der Waals surface area contributed by atoms with Gasteiger partial charge in [-0.25, -0.2) is 10.1 Å². The fraction of sp³-hybridized carbons (Fsp3) is 0.273. The molecular formula is C22H24N6O2. The normalized spacial score (nSPS) is 23.7. The minimum absolute atomic E-state index is 0.0506. The van der Waals surface area contributed by atoms with E-state index in [-0.39, 0.29) is 29.7 Å². The number of aliphatic imine (C=N–C) groups is 1. The summed E-state index contributed by atoms with van der Waals surface area (Å²) in [6.45, 7) is 1.63. The van der Waals surface area contributed by atoms with Crippen LogP contribution in [0.15, 0.2) is 71.4 Å². The van der Waals surface area contributed by atoms with E-state index in [1.807, 2.05) is 6.07 Å². The Kier molecular flexibility index (Phi) is 5.69. The molecule has 1 saturated heterocycles. The predicted molar refractivity (Wildman–Crippen MR) is 116 cm³/mol. The number of Topliss-reactive ketones (excluding diaryl/α,β-unsaturated/α-hetero) is 1. The highest BCUT2D eigenvalue weighted by Crippen LogP contribution is 2.25. The van der Waals surface area contributed by atoms with Crippen LogP contribution in [-0.2, 0) is 11.2 Å². The number of aromatic nitrogens is 1. The Bertz CT molecular complexity index is 1020. The molecule has 8 heteroatoms. The van der Waals surface area contributed by atoms with Crippen LogP contribution in [0, 0.1) is 5.41 Å². The van der Waals surface area contributed by atoms with Gasteiger partial charge in [-0.1, -0.05) is 6.08 Å². The van der Waals surface area contributed by atoms with Gasteiger partial charge in [0.1, 0.15) is 5.71 Å². The number of nitrogens with zero attached hydrogens (tertiary/aromatic N) is 4. The van der Waals surface area contributed by atoms with E-state index in [2.05, 4.69) is 14.9 Å². The van der Waals surface area contributed by atoms with Crippen LogP contribution < -0.4 is 10.6 Å². The topological polar surface area (TPSA) is 119 Å². The molecule has 1 aromatic rings. The lowest BCUT2D eigenvalue weighted by Crippen LogP contribution is -2.43. The van der Waals surface area contributed by atoms with Crippen LogP contribution in [0.3, 0.4) is 0 Å². The summed E-state index contributed by atoms with van der Waals surface area (Å²) in [5.74, 6) is -0.266. The quantitative estimate of drug-likeness (QED) is 0.707. The zero-order chi connectivity index (χ0) is 21.1. The maximum Gasteiger partial charge on any atom is 0.187 e. The average molecular weight is 404 g/mol. The lowest BCUT2D eigenvalue weighted by Gasteiger charge is -2.33. The van der Waals surface area contributed by atoms with Gasteiger partial charge in [-0.3, -0.25) is 20.4 Å². The first-order chi connectivity index (χ1) is 14.5. The lowest BCUT2D eigenvalue weighted by molar-refractivity contribution is -0.112. The molecule has 0 aliphatic carbocycles. The Labute approximate surface area is 174 Å². The standard InChI is InChI=1S/C22H24N6O2/c23-16-4-3-10-27(14-16)19-8-9-25-13-15(19)12-21(29)22-17(24)6-7-18(26-22)20-5-1-2-11-28(20)30/h1-2,5-9,11,13,16,24,30H,3-4,10,12,14,23H2/t16-/m0/s1. The Morgan fingerprint density at radius 1 is 1.30 bits per heavy atom. The third kappa shape index (κ3) is 4.14. The number of carbonyl (C=O) groups is 1. The van der Waals surface area contributed by atoms with Gasteiger partial charge in [-0.05, 0) is 43.2 Å². The SMILES string of the molecule is N=C1C=CC(=C2C=CC=CN2O)N=C1C(=O)Cc1cnccc1N1CCC[C@H](N)C1. The van der Waals surface area contributed by atoms with Crippen molar-refractivity contribution in [2.45, 2.75) is 25.3 Å². The highest BCUT2D eigenvalue weighted by Gasteiger charge is 2.24. The van der Waals surface area contributed by atoms with E-state index in [1.54, 1.807) is 36.7 Å². The highest BCUT2D eigenvalue weighted by atomic mass is 16.5. The third-order valence-electron chi connectivity index (χ3n) is 5.29. The van der Waals surface area contributed by atoms with E-state index in [1.165, 1.54) is 12.3 Å². The van der Waals surface area contributed by atoms with Gasteiger partial charge in [-0.15, -0.1) is 0 Å². The molecule has 0 saturated carbocycles. The maximum atomic E-state index is 13.1. The van der Waals surface area contributed by atoms with Crippen molar-refractivity contribution < 1.29 is 10.0 Å². The van der Waals surface area contributed by atoms with Gasteiger partial charge < -0.3 is 10.6 Å². The number of allylic oxidation sites excluding steroid dienone is 5. The predicted octanol–water partition coefficient (Wildman–Crippen LogP) is 2.14. The van der Waals surface area contributed by atoms with Crippen LogP contribution in [0.25, 0.3) is 0 Å². The summed E-state index contributed by atoms with van der Waals surface area (Å²) in [5.41, 5.74) is 8.85. The van der Waals surface area contributed by atoms with Crippen molar-refractivity contribution in [1.82, 2.24) is 10.0 Å². The molecule has 3 aliphatic rings. The Morgan fingerprint density at radius 2 is 2.17 bits per heavy atom. The molecule has 0 amide bonds. The van der Waals surface area contributed by atoms with Gasteiger partial charge in [-0.2, -0.15) is 0 Å². The molecule has 0 radical (unpaired) electrons. The van der Waals surface area contributed by atoms with E-state index >= 15 is 0 Å². The number of nitrogens with two attached hydrogens (primary N) is 1. The first-order valence-corrected chi connectivity index (χ1v) is 9.92. The van der Waals surface area contributed by atoms with Crippen molar-refractivity contribution in [3.63, 3.8) is 0 Å². The summed E-state index contributed by atoms with van der Waals surface area (Å²) in [6, 6.07) is 2.02. The Morgan fingerprint density at radius 3 is 2.97 bits per heavy atom. The van der Waals surface area contributed by atoms with Crippen LogP contribution >= 0.6 is 0 Å². The monoisotopic (exact) mass is 404 g/mol. The number of hydroxylamine groups is 2. The van der Waals surface area contributed by atoms with Gasteiger partial charge in [0, 0.05) is 55.4 Å². The number of nitrogens with one attached hydrogen (secondary N) is 1. The largest absolute Gasteiger partial charge is 0.370 e. The summed E-state index contributed by atoms with van der Waals surface area (Å²) in [6.07, 6.45) is 15.3. The second kappa shape index (κ2) is 8.56. The molecule has 1 atom stereocenters. The third-order valence-corrected chi connectivity index (χ3v) is 5.29. The van der Waals surface area contributed by atoms with Crippen LogP contribution in [-0.4, -0.2) is 51.6 Å². The number of carbonyl (C=O) groups excluding carboxylic acids is 1. The molecule has 4 N–H and O–H groups in total. The van der Waals surface area contributed by atoms with Gasteiger partial charge in [0.15, 0.2) is 5.78 Å². The number of hydrogen-bond donors (Lipinski definition) is 3. The Hall–Kier alpha value is -3.36. The Balaban J connectivity index is 1.60. The molecule has 0 spiro atoms. The second-order valence-corrected chi connectivity index (χ2v) is 7.48. The van der Waals surface area contributed by atoms with E-state index in [0.717, 1.165) is 42.2 Å². The van der Waals surface area contributed by atoms with Crippen molar-refractivity contribution >= 4 is 22.9 Å². The summed E-state index contributed by atoms with van der Waals surface area (Å²) in [5, 5.41) is 19.1. The highest BCUT2D eigenvalue weighted by molar-refractivity contribution is 6.69. The molecule has 3 aliphatic heterocycles. The molecule has 154 valence electrons. The molecule has 0 bridgehead atoms. The first kappa shape index (κ1) is 19.9. The molecule has 4 rings (SSSR count). The number of ketones is 1. The average Bonchev–Trinajstić information content (AvgIpc) is 2.75. The number of pyridine rings is 1. The van der Waals surface area contributed by atoms with E-state index in [9.17, 15) is 10.0 Å². The minimum Gasteiger partial charge on any atom is -0.370 e. The first-order valence-electron chi connectivity index (χ1n) is 9.92. The fourth-order valence-electron chi connectivity index (χ4n) is 3.80. The summed E-state index contributed by atoms with van der Waals surface area (Å²) >= 11 is 0. The molecule has 0 unspecified atom stereocenters. The molecular weight excluding hydrogens is 380 g/mol. The maximum absolute atomic E-state index is 13.1. The number of hydrogen-bond acceptors (Lipinski definition) is 8. The zero-order valence-corrected chi connectivity index (χ0v) is 16.5.